The third-order valence-corrected chi connectivity index (χ3v) is 5.35. The van der Waals surface area contributed by atoms with Crippen molar-refractivity contribution in [3.63, 3.8) is 0 Å². The first-order chi connectivity index (χ1) is 14.6. The van der Waals surface area contributed by atoms with Gasteiger partial charge in [0.1, 0.15) is 0 Å². The SMILES string of the molecule is CCNC(=NCC1CC(=O)N(CCc2ccccc2)C1)NCCCc1cnn(C)c1.I. The molecule has 2 aromatic rings. The van der Waals surface area contributed by atoms with Crippen LogP contribution in [0, 0.1) is 5.92 Å². The van der Waals surface area contributed by atoms with E-state index in [0.29, 0.717) is 18.9 Å². The van der Waals surface area contributed by atoms with Crippen molar-refractivity contribution < 1.29 is 4.79 Å². The number of hydrogen-bond donors (Lipinski definition) is 2. The van der Waals surface area contributed by atoms with Crippen LogP contribution in [0.25, 0.3) is 0 Å². The van der Waals surface area contributed by atoms with E-state index in [-0.39, 0.29) is 29.9 Å². The predicted octanol–water partition coefficient (Wildman–Crippen LogP) is 2.62. The summed E-state index contributed by atoms with van der Waals surface area (Å²) in [6.07, 6.45) is 7.49. The molecule has 0 bridgehead atoms. The zero-order chi connectivity index (χ0) is 21.2. The van der Waals surface area contributed by atoms with Crippen molar-refractivity contribution in [2.24, 2.45) is 18.0 Å². The Morgan fingerprint density at radius 1 is 1.19 bits per heavy atom. The van der Waals surface area contributed by atoms with Crippen LogP contribution in [0.4, 0.5) is 0 Å². The highest BCUT2D eigenvalue weighted by Gasteiger charge is 2.28. The number of rotatable bonds is 10. The second-order valence-corrected chi connectivity index (χ2v) is 7.92. The first-order valence-electron chi connectivity index (χ1n) is 11.0. The maximum absolute atomic E-state index is 12.4. The Morgan fingerprint density at radius 3 is 2.71 bits per heavy atom. The van der Waals surface area contributed by atoms with Gasteiger partial charge in [0.05, 0.1) is 6.20 Å². The zero-order valence-corrected chi connectivity index (χ0v) is 20.9. The Bertz CT molecular complexity index is 822. The number of aryl methyl sites for hydroxylation is 2. The van der Waals surface area contributed by atoms with Crippen LogP contribution in [0.2, 0.25) is 0 Å². The number of guanidine groups is 1. The molecule has 0 radical (unpaired) electrons. The largest absolute Gasteiger partial charge is 0.357 e. The van der Waals surface area contributed by atoms with Gasteiger partial charge in [-0.3, -0.25) is 14.5 Å². The molecule has 1 aliphatic rings. The lowest BCUT2D eigenvalue weighted by Gasteiger charge is -2.16. The van der Waals surface area contributed by atoms with Crippen LogP contribution in [0.1, 0.15) is 30.9 Å². The van der Waals surface area contributed by atoms with Gasteiger partial charge >= 0.3 is 0 Å². The lowest BCUT2D eigenvalue weighted by atomic mass is 10.1. The normalized spacial score (nSPS) is 16.3. The smallest absolute Gasteiger partial charge is 0.223 e. The van der Waals surface area contributed by atoms with Crippen LogP contribution in [-0.2, 0) is 24.7 Å². The van der Waals surface area contributed by atoms with E-state index in [1.54, 1.807) is 0 Å². The average Bonchev–Trinajstić information content (AvgIpc) is 3.33. The van der Waals surface area contributed by atoms with Gasteiger partial charge in [0, 0.05) is 58.3 Å². The van der Waals surface area contributed by atoms with Crippen LogP contribution in [0.15, 0.2) is 47.7 Å². The van der Waals surface area contributed by atoms with Crippen molar-refractivity contribution in [3.05, 3.63) is 53.9 Å². The number of amides is 1. The number of carbonyl (C=O) groups is 1. The molecule has 8 heteroatoms. The molecule has 1 aliphatic heterocycles. The molecule has 2 heterocycles. The Hall–Kier alpha value is -2.10. The van der Waals surface area contributed by atoms with E-state index < -0.39 is 0 Å². The summed E-state index contributed by atoms with van der Waals surface area (Å²) in [5, 5.41) is 10.9. The van der Waals surface area contributed by atoms with Gasteiger partial charge in [-0.25, -0.2) is 0 Å². The minimum absolute atomic E-state index is 0. The highest BCUT2D eigenvalue weighted by atomic mass is 127. The summed E-state index contributed by atoms with van der Waals surface area (Å²) in [7, 11) is 1.94. The summed E-state index contributed by atoms with van der Waals surface area (Å²) in [4.78, 5) is 19.1. The summed E-state index contributed by atoms with van der Waals surface area (Å²) in [5.74, 6) is 1.37. The average molecular weight is 538 g/mol. The highest BCUT2D eigenvalue weighted by Crippen LogP contribution is 2.18. The van der Waals surface area contributed by atoms with E-state index in [0.717, 1.165) is 51.4 Å². The summed E-state index contributed by atoms with van der Waals surface area (Å²) < 4.78 is 1.83. The standard InChI is InChI=1S/C23H34N6O.HI/c1-3-24-23(25-12-7-10-20-16-27-28(2)17-20)26-15-21-14-22(30)29(18-21)13-11-19-8-5-4-6-9-19;/h4-6,8-9,16-17,21H,3,7,10-15,18H2,1-2H3,(H2,24,25,26);1H. The molecular weight excluding hydrogens is 503 g/mol. The molecule has 0 spiro atoms. The van der Waals surface area contributed by atoms with Gasteiger partial charge in [-0.1, -0.05) is 30.3 Å². The van der Waals surface area contributed by atoms with Crippen molar-refractivity contribution in [3.8, 4) is 0 Å². The lowest BCUT2D eigenvalue weighted by molar-refractivity contribution is -0.127. The zero-order valence-electron chi connectivity index (χ0n) is 18.6. The van der Waals surface area contributed by atoms with Gasteiger partial charge in [0.25, 0.3) is 0 Å². The maximum atomic E-state index is 12.4. The Morgan fingerprint density at radius 2 is 2.00 bits per heavy atom. The Balaban J connectivity index is 0.00000341. The number of carbonyl (C=O) groups excluding carboxylic acids is 1. The minimum Gasteiger partial charge on any atom is -0.357 e. The van der Waals surface area contributed by atoms with E-state index in [4.69, 9.17) is 4.99 Å². The van der Waals surface area contributed by atoms with Crippen molar-refractivity contribution in [1.82, 2.24) is 25.3 Å². The van der Waals surface area contributed by atoms with Gasteiger partial charge < -0.3 is 15.5 Å². The van der Waals surface area contributed by atoms with E-state index >= 15 is 0 Å². The summed E-state index contributed by atoms with van der Waals surface area (Å²) in [6.45, 7) is 6.00. The van der Waals surface area contributed by atoms with Crippen molar-refractivity contribution in [1.29, 1.82) is 0 Å². The van der Waals surface area contributed by atoms with Crippen LogP contribution in [-0.4, -0.2) is 59.3 Å². The van der Waals surface area contributed by atoms with Gasteiger partial charge in [-0.15, -0.1) is 24.0 Å². The number of aromatic nitrogens is 2. The summed E-state index contributed by atoms with van der Waals surface area (Å²) in [5.41, 5.74) is 2.53. The third-order valence-electron chi connectivity index (χ3n) is 5.35. The van der Waals surface area contributed by atoms with Gasteiger partial charge in [0.2, 0.25) is 5.91 Å². The second kappa shape index (κ2) is 13.3. The summed E-state index contributed by atoms with van der Waals surface area (Å²) >= 11 is 0. The molecule has 1 saturated heterocycles. The van der Waals surface area contributed by atoms with E-state index in [1.807, 2.05) is 41.0 Å². The maximum Gasteiger partial charge on any atom is 0.223 e. The molecule has 31 heavy (non-hydrogen) atoms. The molecule has 2 N–H and O–H groups in total. The molecule has 1 atom stereocenters. The number of halogens is 1. The van der Waals surface area contributed by atoms with Crippen molar-refractivity contribution in [2.75, 3.05) is 32.7 Å². The summed E-state index contributed by atoms with van der Waals surface area (Å²) in [6, 6.07) is 10.3. The van der Waals surface area contributed by atoms with Crippen molar-refractivity contribution in [2.45, 2.75) is 32.6 Å². The first kappa shape index (κ1) is 25.2. The van der Waals surface area contributed by atoms with E-state index in [1.165, 1.54) is 11.1 Å². The molecule has 1 aromatic carbocycles. The third kappa shape index (κ3) is 8.51. The number of nitrogens with one attached hydrogen (secondary N) is 2. The number of benzene rings is 1. The van der Waals surface area contributed by atoms with Gasteiger partial charge in [-0.2, -0.15) is 5.10 Å². The molecule has 0 aliphatic carbocycles. The van der Waals surface area contributed by atoms with Gasteiger partial charge in [-0.05, 0) is 37.3 Å². The molecule has 3 rings (SSSR count). The minimum atomic E-state index is 0. The molecule has 1 unspecified atom stereocenters. The van der Waals surface area contributed by atoms with E-state index in [2.05, 4.69) is 41.0 Å². The fraction of sp³-hybridized carbons (Fsp3) is 0.522. The fourth-order valence-electron chi connectivity index (χ4n) is 3.76. The van der Waals surface area contributed by atoms with Gasteiger partial charge in [0.15, 0.2) is 5.96 Å². The van der Waals surface area contributed by atoms with Crippen molar-refractivity contribution >= 4 is 35.8 Å². The fourth-order valence-corrected chi connectivity index (χ4v) is 3.76. The number of likely N-dealkylation sites (tertiary alicyclic amines) is 1. The predicted molar refractivity (Wildman–Crippen MR) is 136 cm³/mol. The quantitative estimate of drug-likeness (QED) is 0.211. The van der Waals surface area contributed by atoms with Crippen LogP contribution in [0.5, 0.6) is 0 Å². The monoisotopic (exact) mass is 538 g/mol. The molecular formula is C23H35IN6O. The molecule has 1 aromatic heterocycles. The molecule has 1 amide bonds. The topological polar surface area (TPSA) is 74.6 Å². The highest BCUT2D eigenvalue weighted by molar-refractivity contribution is 14.0. The number of aliphatic imine (C=N–C) groups is 1. The molecule has 1 fully saturated rings. The lowest BCUT2D eigenvalue weighted by Crippen LogP contribution is -2.38. The first-order valence-corrected chi connectivity index (χ1v) is 11.0. The molecule has 7 nitrogen and oxygen atoms in total. The second-order valence-electron chi connectivity index (χ2n) is 7.92. The van der Waals surface area contributed by atoms with E-state index in [9.17, 15) is 4.79 Å². The van der Waals surface area contributed by atoms with Crippen LogP contribution in [0.3, 0.4) is 0 Å². The van der Waals surface area contributed by atoms with Crippen LogP contribution < -0.4 is 10.6 Å². The number of hydrogen-bond acceptors (Lipinski definition) is 3. The number of nitrogens with zero attached hydrogens (tertiary/aromatic N) is 4. The Kier molecular flexibility index (Phi) is 10.8. The molecule has 0 saturated carbocycles. The van der Waals surface area contributed by atoms with Crippen LogP contribution >= 0.6 is 24.0 Å². The molecule has 170 valence electrons. The Labute approximate surface area is 202 Å².